The Labute approximate surface area is 122 Å². The van der Waals surface area contributed by atoms with Gasteiger partial charge in [0.15, 0.2) is 0 Å². The van der Waals surface area contributed by atoms with E-state index in [1.54, 1.807) is 0 Å². The van der Waals surface area contributed by atoms with Crippen molar-refractivity contribution in [3.63, 3.8) is 0 Å². The van der Waals surface area contributed by atoms with Gasteiger partial charge in [0.2, 0.25) is 0 Å². The van der Waals surface area contributed by atoms with Gasteiger partial charge >= 0.3 is 0 Å². The van der Waals surface area contributed by atoms with Crippen LogP contribution < -0.4 is 10.6 Å². The number of aromatic nitrogens is 1. The number of pyridine rings is 1. The SMILES string of the molecule is CSC1(CN)CCN(c2ccc(Br)c(C)n2)CC1. The van der Waals surface area contributed by atoms with E-state index in [0.717, 1.165) is 48.5 Å². The Morgan fingerprint density at radius 1 is 1.44 bits per heavy atom. The van der Waals surface area contributed by atoms with E-state index in [1.165, 1.54) is 0 Å². The smallest absolute Gasteiger partial charge is 0.128 e. The lowest BCUT2D eigenvalue weighted by atomic mass is 9.96. The molecule has 0 aliphatic carbocycles. The van der Waals surface area contributed by atoms with E-state index in [1.807, 2.05) is 18.7 Å². The van der Waals surface area contributed by atoms with Gasteiger partial charge in [-0.1, -0.05) is 0 Å². The normalized spacial score (nSPS) is 19.0. The van der Waals surface area contributed by atoms with Crippen LogP contribution >= 0.6 is 27.7 Å². The lowest BCUT2D eigenvalue weighted by molar-refractivity contribution is 0.455. The van der Waals surface area contributed by atoms with Crippen LogP contribution in [0.15, 0.2) is 16.6 Å². The lowest BCUT2D eigenvalue weighted by Crippen LogP contribution is -2.46. The summed E-state index contributed by atoms with van der Waals surface area (Å²) in [5, 5.41) is 0. The Morgan fingerprint density at radius 2 is 2.11 bits per heavy atom. The second-order valence-electron chi connectivity index (χ2n) is 4.81. The van der Waals surface area contributed by atoms with Crippen LogP contribution in [-0.2, 0) is 0 Å². The monoisotopic (exact) mass is 329 g/mol. The van der Waals surface area contributed by atoms with E-state index < -0.39 is 0 Å². The third kappa shape index (κ3) is 2.83. The summed E-state index contributed by atoms with van der Waals surface area (Å²) in [6.07, 6.45) is 4.45. The van der Waals surface area contributed by atoms with Crippen LogP contribution in [0.4, 0.5) is 5.82 Å². The van der Waals surface area contributed by atoms with E-state index in [-0.39, 0.29) is 4.75 Å². The first-order chi connectivity index (χ1) is 8.60. The largest absolute Gasteiger partial charge is 0.357 e. The van der Waals surface area contributed by atoms with Crippen molar-refractivity contribution in [3.05, 3.63) is 22.3 Å². The van der Waals surface area contributed by atoms with E-state index in [0.29, 0.717) is 0 Å². The van der Waals surface area contributed by atoms with Crippen LogP contribution in [-0.4, -0.2) is 35.6 Å². The highest BCUT2D eigenvalue weighted by Crippen LogP contribution is 2.34. The number of anilines is 1. The summed E-state index contributed by atoms with van der Waals surface area (Å²) in [4.78, 5) is 7.00. The fourth-order valence-corrected chi connectivity index (χ4v) is 3.32. The highest BCUT2D eigenvalue weighted by atomic mass is 79.9. The molecule has 0 bridgehead atoms. The molecule has 1 aliphatic heterocycles. The Hall–Kier alpha value is -0.260. The van der Waals surface area contributed by atoms with Crippen LogP contribution in [0.1, 0.15) is 18.5 Å². The van der Waals surface area contributed by atoms with Gasteiger partial charge < -0.3 is 10.6 Å². The molecule has 1 fully saturated rings. The Kier molecular flexibility index (Phi) is 4.56. The third-order valence-electron chi connectivity index (χ3n) is 3.81. The van der Waals surface area contributed by atoms with Gasteiger partial charge in [0.1, 0.15) is 5.82 Å². The number of thioether (sulfide) groups is 1. The van der Waals surface area contributed by atoms with Crippen molar-refractivity contribution in [3.8, 4) is 0 Å². The second-order valence-corrected chi connectivity index (χ2v) is 6.94. The summed E-state index contributed by atoms with van der Waals surface area (Å²) < 4.78 is 1.35. The molecule has 0 saturated carbocycles. The average Bonchev–Trinajstić information content (AvgIpc) is 2.42. The molecule has 18 heavy (non-hydrogen) atoms. The van der Waals surface area contributed by atoms with Crippen LogP contribution in [0.3, 0.4) is 0 Å². The summed E-state index contributed by atoms with van der Waals surface area (Å²) in [7, 11) is 0. The number of rotatable bonds is 3. The highest BCUT2D eigenvalue weighted by molar-refractivity contribution is 9.10. The standard InChI is InChI=1S/C13H20BrN3S/c1-10-11(14)3-4-12(16-10)17-7-5-13(9-15,18-2)6-8-17/h3-4H,5-9,15H2,1-2H3. The van der Waals surface area contributed by atoms with Crippen LogP contribution in [0.5, 0.6) is 0 Å². The predicted molar refractivity (Wildman–Crippen MR) is 83.4 cm³/mol. The Bertz CT molecular complexity index is 411. The highest BCUT2D eigenvalue weighted by Gasteiger charge is 2.32. The van der Waals surface area contributed by atoms with Crippen molar-refractivity contribution in [2.45, 2.75) is 24.5 Å². The predicted octanol–water partition coefficient (Wildman–Crippen LogP) is 2.81. The maximum absolute atomic E-state index is 5.92. The molecule has 1 aromatic rings. The molecule has 1 saturated heterocycles. The minimum Gasteiger partial charge on any atom is -0.357 e. The zero-order chi connectivity index (χ0) is 13.2. The lowest BCUT2D eigenvalue weighted by Gasteiger charge is -2.40. The molecule has 0 atom stereocenters. The average molecular weight is 330 g/mol. The molecule has 0 unspecified atom stereocenters. The molecule has 0 spiro atoms. The van der Waals surface area contributed by atoms with Crippen molar-refractivity contribution in [2.75, 3.05) is 30.8 Å². The maximum Gasteiger partial charge on any atom is 0.128 e. The fourth-order valence-electron chi connectivity index (χ4n) is 2.34. The van der Waals surface area contributed by atoms with Gasteiger partial charge in [0.05, 0.1) is 5.69 Å². The molecular weight excluding hydrogens is 310 g/mol. The first kappa shape index (κ1) is 14.2. The van der Waals surface area contributed by atoms with Gasteiger partial charge in [-0.25, -0.2) is 4.98 Å². The van der Waals surface area contributed by atoms with Crippen molar-refractivity contribution >= 4 is 33.5 Å². The minimum absolute atomic E-state index is 0.279. The number of hydrogen-bond donors (Lipinski definition) is 1. The third-order valence-corrected chi connectivity index (χ3v) is 6.09. The molecule has 0 radical (unpaired) electrons. The van der Waals surface area contributed by atoms with Crippen LogP contribution in [0.25, 0.3) is 0 Å². The quantitative estimate of drug-likeness (QED) is 0.925. The number of hydrogen-bond acceptors (Lipinski definition) is 4. The number of halogens is 1. The molecule has 2 heterocycles. The van der Waals surface area contributed by atoms with Gasteiger partial charge in [-0.2, -0.15) is 11.8 Å². The maximum atomic E-state index is 5.92. The first-order valence-electron chi connectivity index (χ1n) is 6.23. The minimum atomic E-state index is 0.279. The summed E-state index contributed by atoms with van der Waals surface area (Å²) in [6.45, 7) is 4.90. The van der Waals surface area contributed by atoms with Crippen molar-refractivity contribution in [1.29, 1.82) is 0 Å². The number of nitrogens with zero attached hydrogens (tertiary/aromatic N) is 2. The summed E-state index contributed by atoms with van der Waals surface area (Å²) in [5.41, 5.74) is 6.96. The molecule has 0 aromatic carbocycles. The molecule has 3 nitrogen and oxygen atoms in total. The van der Waals surface area contributed by atoms with Gasteiger partial charge in [-0.05, 0) is 54.1 Å². The zero-order valence-electron chi connectivity index (χ0n) is 10.9. The molecule has 2 N–H and O–H groups in total. The van der Waals surface area contributed by atoms with E-state index >= 15 is 0 Å². The summed E-state index contributed by atoms with van der Waals surface area (Å²) in [6, 6.07) is 4.17. The Balaban J connectivity index is 2.07. The van der Waals surface area contributed by atoms with Crippen LogP contribution in [0.2, 0.25) is 0 Å². The zero-order valence-corrected chi connectivity index (χ0v) is 13.4. The number of piperidine rings is 1. The first-order valence-corrected chi connectivity index (χ1v) is 8.25. The van der Waals surface area contributed by atoms with E-state index in [4.69, 9.17) is 5.73 Å². The van der Waals surface area contributed by atoms with E-state index in [2.05, 4.69) is 44.2 Å². The van der Waals surface area contributed by atoms with Crippen molar-refractivity contribution < 1.29 is 0 Å². The second kappa shape index (κ2) is 5.80. The molecule has 100 valence electrons. The Morgan fingerprint density at radius 3 is 2.61 bits per heavy atom. The molecule has 1 aliphatic rings. The summed E-state index contributed by atoms with van der Waals surface area (Å²) >= 11 is 5.41. The van der Waals surface area contributed by atoms with Gasteiger partial charge in [0, 0.05) is 28.9 Å². The molecular formula is C13H20BrN3S. The van der Waals surface area contributed by atoms with Gasteiger partial charge in [-0.3, -0.25) is 0 Å². The molecule has 1 aromatic heterocycles. The fraction of sp³-hybridized carbons (Fsp3) is 0.615. The molecule has 5 heteroatoms. The summed E-state index contributed by atoms with van der Waals surface area (Å²) in [5.74, 6) is 1.09. The van der Waals surface area contributed by atoms with Gasteiger partial charge in [-0.15, -0.1) is 0 Å². The number of nitrogens with two attached hydrogens (primary N) is 1. The van der Waals surface area contributed by atoms with E-state index in [9.17, 15) is 0 Å². The topological polar surface area (TPSA) is 42.1 Å². The van der Waals surface area contributed by atoms with Crippen molar-refractivity contribution in [1.82, 2.24) is 4.98 Å². The van der Waals surface area contributed by atoms with Crippen molar-refractivity contribution in [2.24, 2.45) is 5.73 Å². The molecule has 2 rings (SSSR count). The number of aryl methyl sites for hydroxylation is 1. The van der Waals surface area contributed by atoms with Crippen LogP contribution in [0, 0.1) is 6.92 Å². The molecule has 0 amide bonds. The van der Waals surface area contributed by atoms with Gasteiger partial charge in [0.25, 0.3) is 0 Å².